The number of amides is 1. The number of fused-ring (bicyclic) bond motifs is 2. The molecule has 3 rings (SSSR count). The van der Waals surface area contributed by atoms with E-state index in [2.05, 4.69) is 6.92 Å². The van der Waals surface area contributed by atoms with Crippen LogP contribution >= 0.6 is 0 Å². The van der Waals surface area contributed by atoms with E-state index in [1.807, 2.05) is 20.8 Å². The van der Waals surface area contributed by atoms with E-state index in [-0.39, 0.29) is 24.3 Å². The fourth-order valence-electron chi connectivity index (χ4n) is 3.69. The number of carbonyl (C=O) groups is 2. The number of nitrogens with zero attached hydrogens (tertiary/aromatic N) is 1. The summed E-state index contributed by atoms with van der Waals surface area (Å²) >= 11 is 0. The second-order valence-corrected chi connectivity index (χ2v) is 8.42. The largest absolute Gasteiger partial charge is 0.455 e. The molecule has 0 aliphatic carbocycles. The molecule has 0 aromatic carbocycles. The highest BCUT2D eigenvalue weighted by molar-refractivity contribution is 5.76. The highest BCUT2D eigenvalue weighted by Crippen LogP contribution is 2.40. The Kier molecular flexibility index (Phi) is 5.28. The topological polar surface area (TPSA) is 65.1 Å². The van der Waals surface area contributed by atoms with Gasteiger partial charge in [-0.05, 0) is 51.9 Å². The lowest BCUT2D eigenvalue weighted by Crippen LogP contribution is -2.48. The van der Waals surface area contributed by atoms with E-state index < -0.39 is 17.6 Å². The minimum atomic E-state index is -0.542. The zero-order valence-corrected chi connectivity index (χ0v) is 15.8. The summed E-state index contributed by atoms with van der Waals surface area (Å²) in [6, 6.07) is 0. The lowest BCUT2D eigenvalue weighted by molar-refractivity contribution is -0.167. The molecular formula is C19H31NO5. The molecule has 0 N–H and O–H groups in total. The van der Waals surface area contributed by atoms with E-state index in [9.17, 15) is 9.59 Å². The van der Waals surface area contributed by atoms with Crippen molar-refractivity contribution in [2.75, 3.05) is 13.1 Å². The maximum Gasteiger partial charge on any atom is 0.410 e. The Labute approximate surface area is 150 Å². The molecule has 1 amide bonds. The number of hydrogen-bond acceptors (Lipinski definition) is 5. The Morgan fingerprint density at radius 2 is 1.60 bits per heavy atom. The zero-order chi connectivity index (χ0) is 18.2. The van der Waals surface area contributed by atoms with Gasteiger partial charge in [0, 0.05) is 13.1 Å². The van der Waals surface area contributed by atoms with Gasteiger partial charge in [0.25, 0.3) is 0 Å². The first kappa shape index (κ1) is 18.5. The van der Waals surface area contributed by atoms with Gasteiger partial charge in [0.2, 0.25) is 0 Å². The average Bonchev–Trinajstić information content (AvgIpc) is 3.18. The molecule has 3 aliphatic rings. The van der Waals surface area contributed by atoms with Crippen molar-refractivity contribution >= 4 is 12.1 Å². The summed E-state index contributed by atoms with van der Waals surface area (Å²) in [4.78, 5) is 26.8. The summed E-state index contributed by atoms with van der Waals surface area (Å²) in [6.45, 7) is 9.38. The second kappa shape index (κ2) is 7.14. The minimum absolute atomic E-state index is 0.152. The van der Waals surface area contributed by atoms with Crippen LogP contribution in [0.2, 0.25) is 0 Å². The summed E-state index contributed by atoms with van der Waals surface area (Å²) in [7, 11) is 0. The van der Waals surface area contributed by atoms with Gasteiger partial charge in [-0.1, -0.05) is 13.8 Å². The van der Waals surface area contributed by atoms with Gasteiger partial charge < -0.3 is 19.1 Å². The number of likely N-dealkylation sites (tertiary alicyclic amines) is 1. The van der Waals surface area contributed by atoms with E-state index >= 15 is 0 Å². The quantitative estimate of drug-likeness (QED) is 0.727. The van der Waals surface area contributed by atoms with Crippen molar-refractivity contribution in [1.82, 2.24) is 4.90 Å². The Balaban J connectivity index is 1.62. The predicted octanol–water partition coefficient (Wildman–Crippen LogP) is 3.13. The molecule has 6 heteroatoms. The van der Waals surface area contributed by atoms with Crippen LogP contribution in [0.15, 0.2) is 0 Å². The van der Waals surface area contributed by atoms with Crippen molar-refractivity contribution in [2.24, 2.45) is 11.3 Å². The summed E-state index contributed by atoms with van der Waals surface area (Å²) in [6.07, 6.45) is 2.84. The molecule has 6 nitrogen and oxygen atoms in total. The van der Waals surface area contributed by atoms with E-state index in [4.69, 9.17) is 14.2 Å². The van der Waals surface area contributed by atoms with Crippen molar-refractivity contribution < 1.29 is 23.8 Å². The maximum atomic E-state index is 12.5. The van der Waals surface area contributed by atoms with Crippen LogP contribution in [0, 0.1) is 11.3 Å². The van der Waals surface area contributed by atoms with Gasteiger partial charge >= 0.3 is 12.1 Å². The molecule has 4 atom stereocenters. The summed E-state index contributed by atoms with van der Waals surface area (Å²) in [5.74, 6) is 0.406. The maximum absolute atomic E-state index is 12.5. The van der Waals surface area contributed by atoms with E-state index in [1.165, 1.54) is 0 Å². The smallest absolute Gasteiger partial charge is 0.410 e. The average molecular weight is 353 g/mol. The number of rotatable bonds is 4. The normalized spacial score (nSPS) is 32.7. The SMILES string of the molecule is CCC(C)(C)C(=O)OC1C2CCC(O2)C1OC(=O)N1CCC(C)CC1. The van der Waals surface area contributed by atoms with Crippen LogP contribution < -0.4 is 0 Å². The van der Waals surface area contributed by atoms with E-state index in [1.54, 1.807) is 4.90 Å². The Morgan fingerprint density at radius 3 is 2.16 bits per heavy atom. The molecular weight excluding hydrogens is 322 g/mol. The third-order valence-electron chi connectivity index (χ3n) is 6.10. The van der Waals surface area contributed by atoms with Crippen molar-refractivity contribution in [2.45, 2.75) is 84.2 Å². The molecule has 3 heterocycles. The van der Waals surface area contributed by atoms with Crippen LogP contribution in [0.25, 0.3) is 0 Å². The Bertz CT molecular complexity index is 512. The van der Waals surface area contributed by atoms with Gasteiger partial charge in [-0.2, -0.15) is 0 Å². The van der Waals surface area contributed by atoms with Gasteiger partial charge in [0.1, 0.15) is 0 Å². The molecule has 0 spiro atoms. The van der Waals surface area contributed by atoms with Crippen LogP contribution in [0.4, 0.5) is 4.79 Å². The number of hydrogen-bond donors (Lipinski definition) is 0. The first-order valence-corrected chi connectivity index (χ1v) is 9.64. The molecule has 142 valence electrons. The van der Waals surface area contributed by atoms with Crippen molar-refractivity contribution in [3.05, 3.63) is 0 Å². The molecule has 0 saturated carbocycles. The molecule has 2 bridgehead atoms. The second-order valence-electron chi connectivity index (χ2n) is 8.42. The first-order valence-electron chi connectivity index (χ1n) is 9.64. The lowest BCUT2D eigenvalue weighted by atomic mass is 9.89. The molecule has 0 aromatic rings. The van der Waals surface area contributed by atoms with Gasteiger partial charge in [0.15, 0.2) is 12.2 Å². The highest BCUT2D eigenvalue weighted by atomic mass is 16.6. The molecule has 0 radical (unpaired) electrons. The van der Waals surface area contributed by atoms with Gasteiger partial charge in [-0.15, -0.1) is 0 Å². The standard InChI is InChI=1S/C19H31NO5/c1-5-19(3,4)17(21)24-15-13-6-7-14(23-13)16(15)25-18(22)20-10-8-12(2)9-11-20/h12-16H,5-11H2,1-4H3. The molecule has 0 aromatic heterocycles. The zero-order valence-electron chi connectivity index (χ0n) is 15.8. The summed E-state index contributed by atoms with van der Waals surface area (Å²) < 4.78 is 17.4. The third kappa shape index (κ3) is 3.78. The molecule has 25 heavy (non-hydrogen) atoms. The van der Waals surface area contributed by atoms with Gasteiger partial charge in [0.05, 0.1) is 17.6 Å². The first-order chi connectivity index (χ1) is 11.8. The Morgan fingerprint density at radius 1 is 1.04 bits per heavy atom. The fourth-order valence-corrected chi connectivity index (χ4v) is 3.69. The van der Waals surface area contributed by atoms with E-state index in [0.717, 1.165) is 38.8 Å². The lowest BCUT2D eigenvalue weighted by Gasteiger charge is -2.34. The van der Waals surface area contributed by atoms with Crippen molar-refractivity contribution in [3.8, 4) is 0 Å². The highest BCUT2D eigenvalue weighted by Gasteiger charge is 2.54. The van der Waals surface area contributed by atoms with Crippen LogP contribution in [0.3, 0.4) is 0 Å². The number of carbonyl (C=O) groups excluding carboxylic acids is 2. The van der Waals surface area contributed by atoms with Crippen LogP contribution in [-0.4, -0.2) is 54.5 Å². The minimum Gasteiger partial charge on any atom is -0.455 e. The van der Waals surface area contributed by atoms with Crippen LogP contribution in [-0.2, 0) is 19.0 Å². The number of piperidine rings is 1. The van der Waals surface area contributed by atoms with Crippen molar-refractivity contribution in [1.29, 1.82) is 0 Å². The monoisotopic (exact) mass is 353 g/mol. The number of esters is 1. The summed E-state index contributed by atoms with van der Waals surface area (Å²) in [5, 5.41) is 0. The molecule has 3 saturated heterocycles. The van der Waals surface area contributed by atoms with Gasteiger partial charge in [-0.3, -0.25) is 4.79 Å². The Hall–Kier alpha value is -1.30. The van der Waals surface area contributed by atoms with Crippen molar-refractivity contribution in [3.63, 3.8) is 0 Å². The third-order valence-corrected chi connectivity index (χ3v) is 6.10. The van der Waals surface area contributed by atoms with E-state index in [0.29, 0.717) is 12.3 Å². The molecule has 3 aliphatic heterocycles. The van der Waals surface area contributed by atoms with Crippen LogP contribution in [0.1, 0.15) is 59.8 Å². The molecule has 4 unspecified atom stereocenters. The predicted molar refractivity (Wildman–Crippen MR) is 92.1 cm³/mol. The molecule has 3 fully saturated rings. The van der Waals surface area contributed by atoms with Crippen LogP contribution in [0.5, 0.6) is 0 Å². The number of ether oxygens (including phenoxy) is 3. The fraction of sp³-hybridized carbons (Fsp3) is 0.895. The van der Waals surface area contributed by atoms with Gasteiger partial charge in [-0.25, -0.2) is 4.79 Å². The summed E-state index contributed by atoms with van der Waals surface area (Å²) in [5.41, 5.74) is -0.542.